The maximum absolute atomic E-state index is 13.6. The summed E-state index contributed by atoms with van der Waals surface area (Å²) in [4.78, 5) is 11.2. The molecule has 140 valence electrons. The molecule has 0 saturated carbocycles. The Kier molecular flexibility index (Phi) is 5.63. The summed E-state index contributed by atoms with van der Waals surface area (Å²) in [6, 6.07) is 15.7. The molecule has 1 aromatic heterocycles. The standard InChI is InChI=1S/C18H15FN2O5S/c19-15-8-4-5-9-17(15)27(23,24)20-11-18(22)25-12-14-10-16(26-21-14)13-6-2-1-3-7-13/h1-10,20H,11-12H2. The molecule has 0 bridgehead atoms. The van der Waals surface area contributed by atoms with Gasteiger partial charge in [-0.3, -0.25) is 4.79 Å². The van der Waals surface area contributed by atoms with Crippen molar-refractivity contribution < 1.29 is 26.9 Å². The fraction of sp³-hybridized carbons (Fsp3) is 0.111. The highest BCUT2D eigenvalue weighted by Gasteiger charge is 2.20. The van der Waals surface area contributed by atoms with Crippen LogP contribution < -0.4 is 4.72 Å². The first kappa shape index (κ1) is 18.7. The minimum atomic E-state index is -4.16. The first-order valence-electron chi connectivity index (χ1n) is 7.86. The third-order valence-electron chi connectivity index (χ3n) is 3.53. The van der Waals surface area contributed by atoms with Crippen molar-refractivity contribution in [1.82, 2.24) is 9.88 Å². The second-order valence-electron chi connectivity index (χ2n) is 5.46. The number of benzene rings is 2. The van der Waals surface area contributed by atoms with Crippen LogP contribution in [0.15, 0.2) is 70.1 Å². The number of aromatic nitrogens is 1. The summed E-state index contributed by atoms with van der Waals surface area (Å²) in [5, 5.41) is 3.79. The number of carbonyl (C=O) groups is 1. The van der Waals surface area contributed by atoms with Gasteiger partial charge in [-0.2, -0.15) is 4.72 Å². The van der Waals surface area contributed by atoms with E-state index < -0.39 is 33.3 Å². The van der Waals surface area contributed by atoms with Crippen molar-refractivity contribution in [3.8, 4) is 11.3 Å². The predicted molar refractivity (Wildman–Crippen MR) is 93.3 cm³/mol. The molecule has 0 aliphatic rings. The molecule has 0 atom stereocenters. The Morgan fingerprint density at radius 3 is 2.56 bits per heavy atom. The molecule has 0 fully saturated rings. The summed E-state index contributed by atoms with van der Waals surface area (Å²) in [7, 11) is -4.16. The summed E-state index contributed by atoms with van der Waals surface area (Å²) >= 11 is 0. The topological polar surface area (TPSA) is 98.5 Å². The van der Waals surface area contributed by atoms with Crippen LogP contribution in [0.1, 0.15) is 5.69 Å². The zero-order chi connectivity index (χ0) is 19.3. The van der Waals surface area contributed by atoms with Crippen molar-refractivity contribution in [2.45, 2.75) is 11.5 Å². The summed E-state index contributed by atoms with van der Waals surface area (Å²) in [5.74, 6) is -1.23. The zero-order valence-electron chi connectivity index (χ0n) is 14.0. The van der Waals surface area contributed by atoms with Crippen molar-refractivity contribution in [2.24, 2.45) is 0 Å². The van der Waals surface area contributed by atoms with Gasteiger partial charge in [-0.1, -0.05) is 47.6 Å². The molecule has 3 rings (SSSR count). The first-order valence-corrected chi connectivity index (χ1v) is 9.35. The third-order valence-corrected chi connectivity index (χ3v) is 4.97. The quantitative estimate of drug-likeness (QED) is 0.623. The number of carbonyl (C=O) groups excluding carboxylic acids is 1. The molecule has 27 heavy (non-hydrogen) atoms. The fourth-order valence-corrected chi connectivity index (χ4v) is 3.26. The number of ether oxygens (including phenoxy) is 1. The highest BCUT2D eigenvalue weighted by molar-refractivity contribution is 7.89. The third kappa shape index (κ3) is 4.78. The van der Waals surface area contributed by atoms with Crippen LogP contribution in [0.2, 0.25) is 0 Å². The number of rotatable bonds is 7. The molecule has 0 amide bonds. The van der Waals surface area contributed by atoms with E-state index in [2.05, 4.69) is 5.16 Å². The van der Waals surface area contributed by atoms with E-state index in [1.165, 1.54) is 12.1 Å². The van der Waals surface area contributed by atoms with E-state index in [1.54, 1.807) is 6.07 Å². The van der Waals surface area contributed by atoms with Crippen LogP contribution in [0.4, 0.5) is 4.39 Å². The van der Waals surface area contributed by atoms with E-state index in [0.717, 1.165) is 17.7 Å². The fourth-order valence-electron chi connectivity index (χ4n) is 2.22. The van der Waals surface area contributed by atoms with Gasteiger partial charge in [0.25, 0.3) is 0 Å². The lowest BCUT2D eigenvalue weighted by molar-refractivity contribution is -0.143. The first-order chi connectivity index (χ1) is 13.0. The normalized spacial score (nSPS) is 11.3. The number of esters is 1. The minimum absolute atomic E-state index is 0.184. The number of hydrogen-bond donors (Lipinski definition) is 1. The lowest BCUT2D eigenvalue weighted by atomic mass is 10.2. The van der Waals surface area contributed by atoms with Crippen LogP contribution in [-0.4, -0.2) is 26.1 Å². The molecule has 0 unspecified atom stereocenters. The number of nitrogens with one attached hydrogen (secondary N) is 1. The Bertz CT molecular complexity index is 1030. The molecule has 7 nitrogen and oxygen atoms in total. The Morgan fingerprint density at radius 2 is 1.81 bits per heavy atom. The van der Waals surface area contributed by atoms with Crippen LogP contribution in [0.3, 0.4) is 0 Å². The van der Waals surface area contributed by atoms with Crippen LogP contribution in [0.5, 0.6) is 0 Å². The highest BCUT2D eigenvalue weighted by atomic mass is 32.2. The van der Waals surface area contributed by atoms with E-state index in [0.29, 0.717) is 11.5 Å². The van der Waals surface area contributed by atoms with Gasteiger partial charge in [-0.05, 0) is 12.1 Å². The van der Waals surface area contributed by atoms with E-state index in [-0.39, 0.29) is 6.61 Å². The lowest BCUT2D eigenvalue weighted by Gasteiger charge is -2.07. The van der Waals surface area contributed by atoms with Gasteiger partial charge in [0.2, 0.25) is 10.0 Å². The van der Waals surface area contributed by atoms with E-state index >= 15 is 0 Å². The van der Waals surface area contributed by atoms with Gasteiger partial charge in [0, 0.05) is 11.6 Å². The Labute approximate surface area is 154 Å². The number of halogens is 1. The van der Waals surface area contributed by atoms with Gasteiger partial charge in [-0.15, -0.1) is 0 Å². The van der Waals surface area contributed by atoms with Crippen molar-refractivity contribution in [2.75, 3.05) is 6.54 Å². The average molecular weight is 390 g/mol. The summed E-state index contributed by atoms with van der Waals surface area (Å²) in [5.41, 5.74) is 1.19. The maximum Gasteiger partial charge on any atom is 0.321 e. The monoisotopic (exact) mass is 390 g/mol. The molecule has 9 heteroatoms. The second-order valence-corrected chi connectivity index (χ2v) is 7.20. The molecule has 0 spiro atoms. The molecular formula is C18H15FN2O5S. The van der Waals surface area contributed by atoms with Gasteiger partial charge in [0.1, 0.15) is 29.6 Å². The van der Waals surface area contributed by atoms with Gasteiger partial charge in [0.05, 0.1) is 0 Å². The lowest BCUT2D eigenvalue weighted by Crippen LogP contribution is -2.31. The smallest absolute Gasteiger partial charge is 0.321 e. The van der Waals surface area contributed by atoms with Crippen molar-refractivity contribution in [1.29, 1.82) is 0 Å². The van der Waals surface area contributed by atoms with E-state index in [1.807, 2.05) is 35.1 Å². The molecular weight excluding hydrogens is 375 g/mol. The van der Waals surface area contributed by atoms with Gasteiger partial charge >= 0.3 is 5.97 Å². The SMILES string of the molecule is O=C(CNS(=O)(=O)c1ccccc1F)OCc1cc(-c2ccccc2)on1. The number of hydrogen-bond acceptors (Lipinski definition) is 6. The van der Waals surface area contributed by atoms with Crippen LogP contribution in [0, 0.1) is 5.82 Å². The van der Waals surface area contributed by atoms with Crippen molar-refractivity contribution in [3.63, 3.8) is 0 Å². The maximum atomic E-state index is 13.6. The summed E-state index contributed by atoms with van der Waals surface area (Å²) in [6.45, 7) is -0.823. The van der Waals surface area contributed by atoms with Crippen molar-refractivity contribution >= 4 is 16.0 Å². The Morgan fingerprint density at radius 1 is 1.11 bits per heavy atom. The van der Waals surface area contributed by atoms with Crippen molar-refractivity contribution in [3.05, 3.63) is 72.2 Å². The molecule has 0 aliphatic heterocycles. The largest absolute Gasteiger partial charge is 0.458 e. The van der Waals surface area contributed by atoms with Gasteiger partial charge in [-0.25, -0.2) is 12.8 Å². The minimum Gasteiger partial charge on any atom is -0.458 e. The number of sulfonamides is 1. The molecule has 2 aromatic carbocycles. The molecule has 0 saturated heterocycles. The van der Waals surface area contributed by atoms with Gasteiger partial charge in [0.15, 0.2) is 5.76 Å². The molecule has 0 radical (unpaired) electrons. The Balaban J connectivity index is 1.53. The molecule has 1 N–H and O–H groups in total. The average Bonchev–Trinajstić information content (AvgIpc) is 3.15. The van der Waals surface area contributed by atoms with E-state index in [9.17, 15) is 17.6 Å². The predicted octanol–water partition coefficient (Wildman–Crippen LogP) is 2.50. The molecule has 3 aromatic rings. The Hall–Kier alpha value is -3.04. The molecule has 0 aliphatic carbocycles. The summed E-state index contributed by atoms with van der Waals surface area (Å²) < 4.78 is 49.7. The van der Waals surface area contributed by atoms with Crippen LogP contribution in [0.25, 0.3) is 11.3 Å². The van der Waals surface area contributed by atoms with Crippen LogP contribution in [-0.2, 0) is 26.2 Å². The zero-order valence-corrected chi connectivity index (χ0v) is 14.8. The summed E-state index contributed by atoms with van der Waals surface area (Å²) in [6.07, 6.45) is 0. The highest BCUT2D eigenvalue weighted by Crippen LogP contribution is 2.20. The molecule has 1 heterocycles. The number of nitrogens with zero attached hydrogens (tertiary/aromatic N) is 1. The van der Waals surface area contributed by atoms with Gasteiger partial charge < -0.3 is 9.26 Å². The van der Waals surface area contributed by atoms with E-state index in [4.69, 9.17) is 9.26 Å². The second kappa shape index (κ2) is 8.11. The van der Waals surface area contributed by atoms with Crippen LogP contribution >= 0.6 is 0 Å².